The van der Waals surface area contributed by atoms with Crippen molar-refractivity contribution < 1.29 is 28.2 Å². The zero-order valence-corrected chi connectivity index (χ0v) is 24.9. The number of hydrogen-bond acceptors (Lipinski definition) is 6. The molecule has 7 nitrogen and oxygen atoms in total. The summed E-state index contributed by atoms with van der Waals surface area (Å²) in [5.74, 6) is 2.85. The van der Waals surface area contributed by atoms with Gasteiger partial charge in [-0.1, -0.05) is 34.1 Å². The van der Waals surface area contributed by atoms with Crippen molar-refractivity contribution in [2.24, 2.45) is 52.3 Å². The van der Waals surface area contributed by atoms with Crippen LogP contribution in [0.4, 0.5) is 4.79 Å². The van der Waals surface area contributed by atoms with E-state index in [0.717, 1.165) is 44.9 Å². The van der Waals surface area contributed by atoms with Gasteiger partial charge in [-0.2, -0.15) is 0 Å². The van der Waals surface area contributed by atoms with Crippen LogP contribution in [0.15, 0.2) is 0 Å². The Morgan fingerprint density at radius 1 is 0.974 bits per heavy atom. The fourth-order valence-electron chi connectivity index (χ4n) is 10.2. The average molecular weight is 554 g/mol. The standard InChI is InChI=1S/C30H51NO6S/c1-6-20-24-17-19(32)9-12-30(24,5)23-10-13-29(4)21(7-8-22(29)25(23)26(20)33)18(2)11-16-37-27(34)31-38(35,36)28(3)14-15-28/h18-26,32-33H,6-17H2,1-5H3,(H,31,34)/t18-,19-,20-,21-,22+,23+,24+,25+,26-,29-,30-/m1/s1. The summed E-state index contributed by atoms with van der Waals surface area (Å²) in [4.78, 5) is 12.2. The third kappa shape index (κ3) is 4.52. The van der Waals surface area contributed by atoms with Gasteiger partial charge in [-0.15, -0.1) is 0 Å². The highest BCUT2D eigenvalue weighted by molar-refractivity contribution is 7.91. The number of carbonyl (C=O) groups excluding carboxylic acids is 1. The van der Waals surface area contributed by atoms with Crippen molar-refractivity contribution >= 4 is 16.1 Å². The Bertz CT molecular complexity index is 1010. The molecule has 5 aliphatic rings. The average Bonchev–Trinajstić information content (AvgIpc) is 3.51. The van der Waals surface area contributed by atoms with Gasteiger partial charge in [0.1, 0.15) is 0 Å². The highest BCUT2D eigenvalue weighted by atomic mass is 32.2. The fourth-order valence-corrected chi connectivity index (χ4v) is 11.3. The van der Waals surface area contributed by atoms with E-state index in [2.05, 4.69) is 32.4 Å². The minimum Gasteiger partial charge on any atom is -0.449 e. The Labute approximate surface area is 229 Å². The minimum atomic E-state index is -3.68. The molecule has 0 saturated heterocycles. The quantitative estimate of drug-likeness (QED) is 0.397. The number of ether oxygens (including phenoxy) is 1. The Morgan fingerprint density at radius 3 is 2.29 bits per heavy atom. The SMILES string of the molecule is CC[C@H]1[C@@H](O)[C@@H]2[C@H](CC[C@]3(C)[C@@H]([C@H](C)CCOC(=O)NS(=O)(=O)C4(C)CC4)CC[C@@H]23)[C@@]2(C)CC[C@@H](O)C[C@@H]12. The second kappa shape index (κ2) is 9.90. The molecule has 5 saturated carbocycles. The van der Waals surface area contributed by atoms with Gasteiger partial charge in [0, 0.05) is 0 Å². The monoisotopic (exact) mass is 553 g/mol. The molecule has 0 heterocycles. The zero-order valence-electron chi connectivity index (χ0n) is 24.1. The maximum Gasteiger partial charge on any atom is 0.420 e. The topological polar surface area (TPSA) is 113 Å². The molecular formula is C30H51NO6S. The van der Waals surface area contributed by atoms with E-state index < -0.39 is 20.9 Å². The molecule has 5 fully saturated rings. The number of fused-ring (bicyclic) bond motifs is 5. The number of aliphatic hydroxyl groups is 2. The van der Waals surface area contributed by atoms with Crippen LogP contribution in [0.5, 0.6) is 0 Å². The van der Waals surface area contributed by atoms with Crippen LogP contribution in [0.1, 0.15) is 105 Å². The van der Waals surface area contributed by atoms with Crippen LogP contribution in [0.25, 0.3) is 0 Å². The van der Waals surface area contributed by atoms with Crippen LogP contribution in [0.3, 0.4) is 0 Å². The smallest absolute Gasteiger partial charge is 0.420 e. The van der Waals surface area contributed by atoms with Crippen LogP contribution in [0, 0.1) is 52.3 Å². The molecule has 5 rings (SSSR count). The molecule has 8 heteroatoms. The maximum atomic E-state index is 12.3. The lowest BCUT2D eigenvalue weighted by Gasteiger charge is -2.64. The summed E-state index contributed by atoms with van der Waals surface area (Å²) < 4.78 is 31.2. The number of hydrogen-bond donors (Lipinski definition) is 3. The highest BCUT2D eigenvalue weighted by Crippen LogP contribution is 2.69. The fraction of sp³-hybridized carbons (Fsp3) is 0.967. The van der Waals surface area contributed by atoms with Gasteiger partial charge >= 0.3 is 6.09 Å². The second-order valence-corrected chi connectivity index (χ2v) is 16.8. The predicted molar refractivity (Wildman–Crippen MR) is 147 cm³/mol. The van der Waals surface area contributed by atoms with Gasteiger partial charge in [0.2, 0.25) is 10.0 Å². The van der Waals surface area contributed by atoms with Crippen molar-refractivity contribution in [3.63, 3.8) is 0 Å². The van der Waals surface area contributed by atoms with Gasteiger partial charge in [0.15, 0.2) is 0 Å². The van der Waals surface area contributed by atoms with Gasteiger partial charge in [0.25, 0.3) is 0 Å². The van der Waals surface area contributed by atoms with E-state index in [9.17, 15) is 23.4 Å². The lowest BCUT2D eigenvalue weighted by molar-refractivity contribution is -0.203. The Morgan fingerprint density at radius 2 is 1.63 bits per heavy atom. The Hall–Kier alpha value is -0.860. The molecule has 0 radical (unpaired) electrons. The first-order valence-corrected chi connectivity index (χ1v) is 16.8. The van der Waals surface area contributed by atoms with Crippen molar-refractivity contribution in [3.8, 4) is 0 Å². The number of nitrogens with one attached hydrogen (secondary N) is 1. The second-order valence-electron chi connectivity index (χ2n) is 14.6. The molecule has 3 N–H and O–H groups in total. The molecule has 0 aromatic carbocycles. The summed E-state index contributed by atoms with van der Waals surface area (Å²) in [6.45, 7) is 11.2. The summed E-state index contributed by atoms with van der Waals surface area (Å²) >= 11 is 0. The summed E-state index contributed by atoms with van der Waals surface area (Å²) in [5.41, 5.74) is 0.358. The van der Waals surface area contributed by atoms with Crippen LogP contribution in [-0.2, 0) is 14.8 Å². The van der Waals surface area contributed by atoms with E-state index in [0.29, 0.717) is 54.8 Å². The maximum absolute atomic E-state index is 12.3. The Balaban J connectivity index is 1.24. The van der Waals surface area contributed by atoms with Crippen LogP contribution < -0.4 is 4.72 Å². The van der Waals surface area contributed by atoms with Gasteiger partial charge in [0.05, 0.1) is 23.6 Å². The lowest BCUT2D eigenvalue weighted by Crippen LogP contribution is -2.62. The van der Waals surface area contributed by atoms with Crippen molar-refractivity contribution in [3.05, 3.63) is 0 Å². The molecule has 11 atom stereocenters. The first kappa shape index (κ1) is 28.7. The normalized spacial score (nSPS) is 46.3. The molecule has 0 aromatic heterocycles. The first-order chi connectivity index (χ1) is 17.8. The van der Waals surface area contributed by atoms with E-state index in [1.54, 1.807) is 6.92 Å². The van der Waals surface area contributed by atoms with Crippen LogP contribution >= 0.6 is 0 Å². The number of sulfonamides is 1. The number of amides is 1. The first-order valence-electron chi connectivity index (χ1n) is 15.3. The summed E-state index contributed by atoms with van der Waals surface area (Å²) in [5, 5.41) is 22.3. The number of carbonyl (C=O) groups is 1. The van der Waals surface area contributed by atoms with E-state index in [-0.39, 0.29) is 35.6 Å². The van der Waals surface area contributed by atoms with E-state index in [1.165, 1.54) is 6.42 Å². The van der Waals surface area contributed by atoms with Crippen molar-refractivity contribution in [1.82, 2.24) is 4.72 Å². The molecule has 0 spiro atoms. The summed E-state index contributed by atoms with van der Waals surface area (Å²) in [7, 11) is -3.68. The Kier molecular flexibility index (Phi) is 7.47. The molecule has 0 unspecified atom stereocenters. The molecule has 0 bridgehead atoms. The molecule has 1 amide bonds. The van der Waals surface area contributed by atoms with Gasteiger partial charge in [-0.25, -0.2) is 17.9 Å². The van der Waals surface area contributed by atoms with E-state index in [1.807, 2.05) is 0 Å². The summed E-state index contributed by atoms with van der Waals surface area (Å²) in [6.07, 6.45) is 8.83. The molecule has 5 aliphatic carbocycles. The van der Waals surface area contributed by atoms with E-state index in [4.69, 9.17) is 4.74 Å². The minimum absolute atomic E-state index is 0.156. The van der Waals surface area contributed by atoms with Gasteiger partial charge in [-0.05, 0) is 123 Å². The van der Waals surface area contributed by atoms with Crippen molar-refractivity contribution in [2.75, 3.05) is 6.61 Å². The predicted octanol–water partition coefficient (Wildman–Crippen LogP) is 5.25. The molecular weight excluding hydrogens is 502 g/mol. The molecule has 218 valence electrons. The number of rotatable bonds is 7. The highest BCUT2D eigenvalue weighted by Gasteiger charge is 2.64. The molecule has 38 heavy (non-hydrogen) atoms. The summed E-state index contributed by atoms with van der Waals surface area (Å²) in [6, 6.07) is 0. The van der Waals surface area contributed by atoms with Crippen LogP contribution in [0.2, 0.25) is 0 Å². The van der Waals surface area contributed by atoms with Crippen molar-refractivity contribution in [2.45, 2.75) is 122 Å². The number of aliphatic hydroxyl groups excluding tert-OH is 2. The third-order valence-corrected chi connectivity index (χ3v) is 14.9. The zero-order chi connectivity index (χ0) is 27.7. The van der Waals surface area contributed by atoms with Crippen molar-refractivity contribution in [1.29, 1.82) is 0 Å². The van der Waals surface area contributed by atoms with Gasteiger partial charge in [-0.3, -0.25) is 0 Å². The van der Waals surface area contributed by atoms with Gasteiger partial charge < -0.3 is 14.9 Å². The van der Waals surface area contributed by atoms with Crippen LogP contribution in [-0.4, -0.2) is 48.3 Å². The lowest BCUT2D eigenvalue weighted by atomic mass is 9.41. The van der Waals surface area contributed by atoms with E-state index >= 15 is 0 Å². The largest absolute Gasteiger partial charge is 0.449 e. The third-order valence-electron chi connectivity index (χ3n) is 12.8. The molecule has 0 aliphatic heterocycles. The molecule has 0 aromatic rings.